The van der Waals surface area contributed by atoms with Gasteiger partial charge in [-0.1, -0.05) is 0 Å². The predicted octanol–water partition coefficient (Wildman–Crippen LogP) is 2.21. The molecule has 2 aromatic carbocycles. The Hall–Kier alpha value is -3.29. The molecule has 3 rings (SSSR count). The van der Waals surface area contributed by atoms with Crippen LogP contribution in [0.2, 0.25) is 0 Å². The molecule has 0 N–H and O–H groups in total. The molecule has 0 saturated carbocycles. The van der Waals surface area contributed by atoms with Gasteiger partial charge in [-0.05, 0) is 36.4 Å². The summed E-state index contributed by atoms with van der Waals surface area (Å²) in [7, 11) is 3.05. The number of halogens is 1. The Bertz CT molecular complexity index is 864. The quantitative estimate of drug-likeness (QED) is 0.741. The van der Waals surface area contributed by atoms with Crippen LogP contribution in [0.15, 0.2) is 42.5 Å². The van der Waals surface area contributed by atoms with Gasteiger partial charge in [-0.15, -0.1) is 0 Å². The van der Waals surface area contributed by atoms with E-state index in [4.69, 9.17) is 14.2 Å². The van der Waals surface area contributed by atoms with Gasteiger partial charge in [0.05, 0.1) is 19.8 Å². The smallest absolute Gasteiger partial charge is 0.260 e. The molecule has 1 saturated heterocycles. The van der Waals surface area contributed by atoms with Crippen molar-refractivity contribution in [3.05, 3.63) is 53.8 Å². The van der Waals surface area contributed by atoms with Gasteiger partial charge in [0, 0.05) is 32.2 Å². The molecule has 2 amide bonds. The summed E-state index contributed by atoms with van der Waals surface area (Å²) in [5.41, 5.74) is 0.452. The van der Waals surface area contributed by atoms with Gasteiger partial charge >= 0.3 is 0 Å². The number of piperazine rings is 1. The van der Waals surface area contributed by atoms with Gasteiger partial charge in [0.1, 0.15) is 23.1 Å². The van der Waals surface area contributed by atoms with Crippen LogP contribution in [0.3, 0.4) is 0 Å². The highest BCUT2D eigenvalue weighted by Gasteiger charge is 2.26. The van der Waals surface area contributed by atoms with Crippen molar-refractivity contribution in [2.24, 2.45) is 0 Å². The van der Waals surface area contributed by atoms with Gasteiger partial charge in [0.2, 0.25) is 0 Å². The van der Waals surface area contributed by atoms with Gasteiger partial charge < -0.3 is 24.0 Å². The summed E-state index contributed by atoms with van der Waals surface area (Å²) >= 11 is 0. The van der Waals surface area contributed by atoms with E-state index in [2.05, 4.69) is 0 Å². The maximum Gasteiger partial charge on any atom is 0.260 e. The van der Waals surface area contributed by atoms with Gasteiger partial charge in [-0.2, -0.15) is 0 Å². The zero-order chi connectivity index (χ0) is 20.8. The minimum Gasteiger partial charge on any atom is -0.497 e. The van der Waals surface area contributed by atoms with Crippen LogP contribution in [-0.4, -0.2) is 68.6 Å². The summed E-state index contributed by atoms with van der Waals surface area (Å²) in [4.78, 5) is 28.5. The van der Waals surface area contributed by atoms with Crippen molar-refractivity contribution in [3.63, 3.8) is 0 Å². The second kappa shape index (κ2) is 9.27. The van der Waals surface area contributed by atoms with Crippen LogP contribution in [0.5, 0.6) is 17.2 Å². The van der Waals surface area contributed by atoms with Gasteiger partial charge in [-0.3, -0.25) is 9.59 Å². The Morgan fingerprint density at radius 2 is 1.52 bits per heavy atom. The highest BCUT2D eigenvalue weighted by atomic mass is 19.1. The van der Waals surface area contributed by atoms with Crippen LogP contribution in [0.1, 0.15) is 10.4 Å². The van der Waals surface area contributed by atoms with E-state index in [1.54, 1.807) is 35.1 Å². The van der Waals surface area contributed by atoms with Crippen molar-refractivity contribution in [1.29, 1.82) is 0 Å². The highest BCUT2D eigenvalue weighted by molar-refractivity contribution is 5.97. The molecule has 1 aliphatic heterocycles. The average Bonchev–Trinajstić information content (AvgIpc) is 2.77. The zero-order valence-electron chi connectivity index (χ0n) is 16.4. The first-order valence-electron chi connectivity index (χ1n) is 9.19. The summed E-state index contributed by atoms with van der Waals surface area (Å²) in [5.74, 6) is 0.788. The molecule has 8 heteroatoms. The first kappa shape index (κ1) is 20.4. The normalized spacial score (nSPS) is 13.8. The fraction of sp³-hybridized carbons (Fsp3) is 0.333. The molecule has 2 aromatic rings. The molecular weight excluding hydrogens is 379 g/mol. The number of carbonyl (C=O) groups is 2. The molecule has 0 aromatic heterocycles. The predicted molar refractivity (Wildman–Crippen MR) is 104 cm³/mol. The van der Waals surface area contributed by atoms with E-state index in [0.29, 0.717) is 49.0 Å². The summed E-state index contributed by atoms with van der Waals surface area (Å²) in [6.07, 6.45) is 0. The molecule has 0 spiro atoms. The Kier molecular flexibility index (Phi) is 6.54. The largest absolute Gasteiger partial charge is 0.497 e. The minimum atomic E-state index is -0.363. The molecule has 0 bridgehead atoms. The number of amides is 2. The number of hydrogen-bond donors (Lipinski definition) is 0. The number of benzene rings is 2. The van der Waals surface area contributed by atoms with Crippen molar-refractivity contribution >= 4 is 11.8 Å². The van der Waals surface area contributed by atoms with Gasteiger partial charge in [0.25, 0.3) is 11.8 Å². The van der Waals surface area contributed by atoms with E-state index in [1.165, 1.54) is 31.4 Å². The molecule has 7 nitrogen and oxygen atoms in total. The molecule has 0 aliphatic carbocycles. The molecular formula is C21H23FN2O5. The maximum atomic E-state index is 12.9. The standard InChI is InChI=1S/C21H23FN2O5/c1-27-17-7-8-18(19(13-17)28-2)21(26)24-11-9-23(10-12-24)20(25)14-29-16-5-3-15(22)4-6-16/h3-8,13H,9-12,14H2,1-2H3. The lowest BCUT2D eigenvalue weighted by Gasteiger charge is -2.35. The molecule has 1 aliphatic rings. The number of ether oxygens (including phenoxy) is 3. The minimum absolute atomic E-state index is 0.133. The van der Waals surface area contributed by atoms with Crippen LogP contribution in [0.4, 0.5) is 4.39 Å². The monoisotopic (exact) mass is 402 g/mol. The molecule has 1 fully saturated rings. The first-order valence-corrected chi connectivity index (χ1v) is 9.19. The second-order valence-electron chi connectivity index (χ2n) is 6.48. The van der Waals surface area contributed by atoms with E-state index < -0.39 is 0 Å². The maximum absolute atomic E-state index is 12.9. The van der Waals surface area contributed by atoms with Crippen molar-refractivity contribution in [3.8, 4) is 17.2 Å². The van der Waals surface area contributed by atoms with Gasteiger partial charge in [0.15, 0.2) is 6.61 Å². The Morgan fingerprint density at radius 3 is 2.14 bits per heavy atom. The Balaban J connectivity index is 1.53. The topological polar surface area (TPSA) is 68.3 Å². The van der Waals surface area contributed by atoms with Crippen LogP contribution < -0.4 is 14.2 Å². The lowest BCUT2D eigenvalue weighted by molar-refractivity contribution is -0.134. The lowest BCUT2D eigenvalue weighted by Crippen LogP contribution is -2.51. The van der Waals surface area contributed by atoms with Crippen LogP contribution >= 0.6 is 0 Å². The van der Waals surface area contributed by atoms with Crippen LogP contribution in [0.25, 0.3) is 0 Å². The third kappa shape index (κ3) is 4.96. The highest BCUT2D eigenvalue weighted by Crippen LogP contribution is 2.26. The van der Waals surface area contributed by atoms with E-state index in [9.17, 15) is 14.0 Å². The van der Waals surface area contributed by atoms with Crippen molar-refractivity contribution in [2.75, 3.05) is 47.0 Å². The van der Waals surface area contributed by atoms with Crippen molar-refractivity contribution in [2.45, 2.75) is 0 Å². The van der Waals surface area contributed by atoms with E-state index >= 15 is 0 Å². The summed E-state index contributed by atoms with van der Waals surface area (Å²) in [6, 6.07) is 10.5. The number of hydrogen-bond acceptors (Lipinski definition) is 5. The lowest BCUT2D eigenvalue weighted by atomic mass is 10.1. The number of carbonyl (C=O) groups excluding carboxylic acids is 2. The Morgan fingerprint density at radius 1 is 0.897 bits per heavy atom. The molecule has 0 atom stereocenters. The van der Waals surface area contributed by atoms with Crippen LogP contribution in [0, 0.1) is 5.82 Å². The molecule has 29 heavy (non-hydrogen) atoms. The molecule has 1 heterocycles. The zero-order valence-corrected chi connectivity index (χ0v) is 16.4. The van der Waals surface area contributed by atoms with E-state index in [-0.39, 0.29) is 24.2 Å². The van der Waals surface area contributed by atoms with E-state index in [0.717, 1.165) is 0 Å². The van der Waals surface area contributed by atoms with Gasteiger partial charge in [-0.25, -0.2) is 4.39 Å². The number of methoxy groups -OCH3 is 2. The molecule has 154 valence electrons. The van der Waals surface area contributed by atoms with Crippen molar-refractivity contribution in [1.82, 2.24) is 9.80 Å². The third-order valence-corrected chi connectivity index (χ3v) is 4.73. The Labute approximate surface area is 168 Å². The summed E-state index contributed by atoms with van der Waals surface area (Å²) in [6.45, 7) is 1.52. The average molecular weight is 402 g/mol. The van der Waals surface area contributed by atoms with Crippen LogP contribution in [-0.2, 0) is 4.79 Å². The first-order chi connectivity index (χ1) is 14.0. The molecule has 0 unspecified atom stereocenters. The SMILES string of the molecule is COc1ccc(C(=O)N2CCN(C(=O)COc3ccc(F)cc3)CC2)c(OC)c1. The fourth-order valence-electron chi connectivity index (χ4n) is 3.07. The number of nitrogens with zero attached hydrogens (tertiary/aromatic N) is 2. The van der Waals surface area contributed by atoms with Crippen molar-refractivity contribution < 1.29 is 28.2 Å². The number of rotatable bonds is 6. The third-order valence-electron chi connectivity index (χ3n) is 4.73. The second-order valence-corrected chi connectivity index (χ2v) is 6.48. The molecule has 0 radical (unpaired) electrons. The van der Waals surface area contributed by atoms with E-state index in [1.807, 2.05) is 0 Å². The fourth-order valence-corrected chi connectivity index (χ4v) is 3.07. The summed E-state index contributed by atoms with van der Waals surface area (Å²) in [5, 5.41) is 0. The summed E-state index contributed by atoms with van der Waals surface area (Å²) < 4.78 is 28.8.